The minimum atomic E-state index is -3.79. The van der Waals surface area contributed by atoms with Crippen LogP contribution in [0.1, 0.15) is 11.1 Å². The van der Waals surface area contributed by atoms with Crippen molar-refractivity contribution in [1.82, 2.24) is 4.98 Å². The molecule has 0 radical (unpaired) electrons. The second-order valence-electron chi connectivity index (χ2n) is 5.91. The second kappa shape index (κ2) is 7.35. The van der Waals surface area contributed by atoms with Gasteiger partial charge >= 0.3 is 0 Å². The minimum Gasteiger partial charge on any atom is -0.354 e. The van der Waals surface area contributed by atoms with E-state index in [1.165, 1.54) is 17.7 Å². The van der Waals surface area contributed by atoms with Crippen molar-refractivity contribution in [1.29, 1.82) is 0 Å². The van der Waals surface area contributed by atoms with Gasteiger partial charge in [-0.25, -0.2) is 13.4 Å². The molecule has 1 heterocycles. The lowest BCUT2D eigenvalue weighted by Crippen LogP contribution is -2.14. The maximum atomic E-state index is 12.4. The Bertz CT molecular complexity index is 1030. The van der Waals surface area contributed by atoms with E-state index in [-0.39, 0.29) is 15.7 Å². The van der Waals surface area contributed by atoms with Gasteiger partial charge in [-0.1, -0.05) is 41.4 Å². The Kier molecular flexibility index (Phi) is 5.15. The van der Waals surface area contributed by atoms with E-state index in [1.807, 2.05) is 26.0 Å². The van der Waals surface area contributed by atoms with Crippen molar-refractivity contribution in [2.75, 3.05) is 10.0 Å². The van der Waals surface area contributed by atoms with E-state index in [4.69, 9.17) is 11.6 Å². The monoisotopic (exact) mass is 387 g/mol. The molecule has 3 aromatic rings. The topological polar surface area (TPSA) is 71.1 Å². The summed E-state index contributed by atoms with van der Waals surface area (Å²) in [5.74, 6) is 0.219. The second-order valence-corrected chi connectivity index (χ2v) is 7.97. The summed E-state index contributed by atoms with van der Waals surface area (Å²) in [6, 6.07) is 15.7. The number of hydrogen-bond donors (Lipinski definition) is 2. The van der Waals surface area contributed by atoms with Crippen LogP contribution >= 0.6 is 11.6 Å². The Morgan fingerprint density at radius 2 is 1.77 bits per heavy atom. The molecule has 134 valence electrons. The van der Waals surface area contributed by atoms with Crippen LogP contribution in [0.25, 0.3) is 0 Å². The van der Waals surface area contributed by atoms with E-state index < -0.39 is 10.0 Å². The van der Waals surface area contributed by atoms with E-state index >= 15 is 0 Å². The molecule has 2 aromatic carbocycles. The lowest BCUT2D eigenvalue weighted by Gasteiger charge is -2.12. The molecule has 0 aliphatic heterocycles. The molecule has 0 atom stereocenters. The lowest BCUT2D eigenvalue weighted by molar-refractivity contribution is 0.601. The molecular formula is C19H18ClN3O2S. The number of hydrogen-bond acceptors (Lipinski definition) is 4. The number of nitrogens with one attached hydrogen (secondary N) is 2. The molecule has 0 bridgehead atoms. The molecule has 0 spiro atoms. The fraction of sp³-hybridized carbons (Fsp3) is 0.105. The Morgan fingerprint density at radius 3 is 2.42 bits per heavy atom. The van der Waals surface area contributed by atoms with Crippen LogP contribution in [0, 0.1) is 13.8 Å². The number of anilines is 3. The van der Waals surface area contributed by atoms with E-state index in [2.05, 4.69) is 21.1 Å². The van der Waals surface area contributed by atoms with Crippen LogP contribution in [-0.4, -0.2) is 13.4 Å². The van der Waals surface area contributed by atoms with E-state index in [1.54, 1.807) is 30.5 Å². The fourth-order valence-corrected chi connectivity index (χ4v) is 4.02. The smallest absolute Gasteiger partial charge is 0.264 e. The zero-order valence-corrected chi connectivity index (χ0v) is 15.9. The van der Waals surface area contributed by atoms with Gasteiger partial charge in [0.15, 0.2) is 0 Å². The summed E-state index contributed by atoms with van der Waals surface area (Å²) in [7, 11) is -3.79. The van der Waals surface area contributed by atoms with Gasteiger partial charge in [-0.15, -0.1) is 0 Å². The van der Waals surface area contributed by atoms with Crippen molar-refractivity contribution in [3.05, 3.63) is 76.9 Å². The summed E-state index contributed by atoms with van der Waals surface area (Å²) in [5.41, 5.74) is 4.04. The van der Waals surface area contributed by atoms with Gasteiger partial charge < -0.3 is 5.32 Å². The standard InChI is InChI=1S/C19H18ClN3O2S/c1-13-7-9-17(14(2)11-13)22-15-8-10-19(21-12-15)23-26(24,25)18-6-4-3-5-16(18)20/h3-12,22H,1-2H3,(H,21,23). The van der Waals surface area contributed by atoms with E-state index in [9.17, 15) is 8.42 Å². The van der Waals surface area contributed by atoms with E-state index in [0.717, 1.165) is 16.9 Å². The molecule has 7 heteroatoms. The highest BCUT2D eigenvalue weighted by molar-refractivity contribution is 7.92. The predicted octanol–water partition coefficient (Wildman–Crippen LogP) is 4.90. The average Bonchev–Trinajstić information content (AvgIpc) is 2.59. The predicted molar refractivity (Wildman–Crippen MR) is 106 cm³/mol. The van der Waals surface area contributed by atoms with Crippen molar-refractivity contribution in [2.24, 2.45) is 0 Å². The van der Waals surface area contributed by atoms with Gasteiger partial charge in [0.2, 0.25) is 0 Å². The number of pyridine rings is 1. The van der Waals surface area contributed by atoms with Crippen molar-refractivity contribution >= 4 is 38.8 Å². The highest BCUT2D eigenvalue weighted by Crippen LogP contribution is 2.24. The first kappa shape index (κ1) is 18.2. The van der Waals surface area contributed by atoms with E-state index in [0.29, 0.717) is 0 Å². The summed E-state index contributed by atoms with van der Waals surface area (Å²) in [5, 5.41) is 3.43. The maximum absolute atomic E-state index is 12.4. The number of benzene rings is 2. The van der Waals surface area contributed by atoms with Gasteiger partial charge in [-0.05, 0) is 49.7 Å². The van der Waals surface area contributed by atoms with Crippen LogP contribution in [0.5, 0.6) is 0 Å². The number of halogens is 1. The van der Waals surface area contributed by atoms with Gasteiger partial charge in [0, 0.05) is 5.69 Å². The van der Waals surface area contributed by atoms with Gasteiger partial charge in [-0.3, -0.25) is 4.72 Å². The average molecular weight is 388 g/mol. The van der Waals surface area contributed by atoms with Gasteiger partial charge in [0.1, 0.15) is 10.7 Å². The van der Waals surface area contributed by atoms with Crippen LogP contribution in [0.2, 0.25) is 5.02 Å². The molecule has 0 amide bonds. The number of aryl methyl sites for hydroxylation is 2. The number of aromatic nitrogens is 1. The number of rotatable bonds is 5. The highest BCUT2D eigenvalue weighted by Gasteiger charge is 2.17. The maximum Gasteiger partial charge on any atom is 0.264 e. The summed E-state index contributed by atoms with van der Waals surface area (Å²) >= 11 is 5.97. The first-order valence-corrected chi connectivity index (χ1v) is 9.79. The number of sulfonamides is 1. The molecule has 1 aromatic heterocycles. The van der Waals surface area contributed by atoms with Crippen molar-refractivity contribution in [3.8, 4) is 0 Å². The minimum absolute atomic E-state index is 0.0148. The molecule has 26 heavy (non-hydrogen) atoms. The Balaban J connectivity index is 1.76. The third-order valence-corrected chi connectivity index (χ3v) is 5.64. The van der Waals surface area contributed by atoms with Crippen LogP contribution in [0.3, 0.4) is 0 Å². The third kappa shape index (κ3) is 4.15. The summed E-state index contributed by atoms with van der Waals surface area (Å²) < 4.78 is 27.3. The molecule has 0 aliphatic carbocycles. The third-order valence-electron chi connectivity index (χ3n) is 3.79. The zero-order chi connectivity index (χ0) is 18.7. The van der Waals surface area contributed by atoms with Crippen LogP contribution in [0.4, 0.5) is 17.2 Å². The van der Waals surface area contributed by atoms with Crippen molar-refractivity contribution < 1.29 is 8.42 Å². The quantitative estimate of drug-likeness (QED) is 0.653. The Labute approximate surface area is 158 Å². The Morgan fingerprint density at radius 1 is 1.00 bits per heavy atom. The van der Waals surface area contributed by atoms with Crippen LogP contribution < -0.4 is 10.0 Å². The molecule has 0 saturated carbocycles. The summed E-state index contributed by atoms with van der Waals surface area (Å²) in [4.78, 5) is 4.18. The largest absolute Gasteiger partial charge is 0.354 e. The van der Waals surface area contributed by atoms with Crippen molar-refractivity contribution in [2.45, 2.75) is 18.7 Å². The zero-order valence-electron chi connectivity index (χ0n) is 14.3. The molecule has 3 rings (SSSR count). The normalized spacial score (nSPS) is 11.2. The lowest BCUT2D eigenvalue weighted by atomic mass is 10.1. The first-order chi connectivity index (χ1) is 12.3. The molecule has 5 nitrogen and oxygen atoms in total. The van der Waals surface area contributed by atoms with Crippen molar-refractivity contribution in [3.63, 3.8) is 0 Å². The van der Waals surface area contributed by atoms with Crippen LogP contribution in [0.15, 0.2) is 65.7 Å². The molecule has 2 N–H and O–H groups in total. The van der Waals surface area contributed by atoms with Crippen LogP contribution in [-0.2, 0) is 10.0 Å². The van der Waals surface area contributed by atoms with Gasteiger partial charge in [0.05, 0.1) is 16.9 Å². The molecule has 0 fully saturated rings. The Hall–Kier alpha value is -2.57. The molecule has 0 saturated heterocycles. The van der Waals surface area contributed by atoms with Gasteiger partial charge in [0.25, 0.3) is 10.0 Å². The fourth-order valence-electron chi connectivity index (χ4n) is 2.49. The highest BCUT2D eigenvalue weighted by atomic mass is 35.5. The molecule has 0 aliphatic rings. The molecule has 0 unspecified atom stereocenters. The van der Waals surface area contributed by atoms with Gasteiger partial charge in [-0.2, -0.15) is 0 Å². The summed E-state index contributed by atoms with van der Waals surface area (Å²) in [6.07, 6.45) is 1.57. The summed E-state index contributed by atoms with van der Waals surface area (Å²) in [6.45, 7) is 4.06. The molecular weight excluding hydrogens is 370 g/mol. The first-order valence-electron chi connectivity index (χ1n) is 7.93. The number of nitrogens with zero attached hydrogens (tertiary/aromatic N) is 1. The SMILES string of the molecule is Cc1ccc(Nc2ccc(NS(=O)(=O)c3ccccc3Cl)nc2)c(C)c1.